The van der Waals surface area contributed by atoms with E-state index in [9.17, 15) is 9.18 Å². The molecule has 4 rings (SSSR count). The van der Waals surface area contributed by atoms with Gasteiger partial charge in [-0.2, -0.15) is 0 Å². The number of halogens is 3. The SMILES string of the molecule is O=C1O[C@H](c2ccc(F)cc2)[C@@](Cn2ccnc2)(c2ccc(Cl)cc2Cl)O1. The topological polar surface area (TPSA) is 53.4 Å². The molecule has 27 heavy (non-hydrogen) atoms. The highest BCUT2D eigenvalue weighted by atomic mass is 35.5. The first-order chi connectivity index (χ1) is 13.0. The molecule has 0 unspecified atom stereocenters. The summed E-state index contributed by atoms with van der Waals surface area (Å²) in [7, 11) is 0. The van der Waals surface area contributed by atoms with E-state index in [2.05, 4.69) is 4.98 Å². The zero-order chi connectivity index (χ0) is 19.0. The number of hydrogen-bond acceptors (Lipinski definition) is 4. The minimum Gasteiger partial charge on any atom is -0.421 e. The molecule has 138 valence electrons. The third-order valence-electron chi connectivity index (χ3n) is 4.44. The van der Waals surface area contributed by atoms with Crippen LogP contribution in [0.25, 0.3) is 0 Å². The zero-order valence-corrected chi connectivity index (χ0v) is 15.3. The van der Waals surface area contributed by atoms with Crippen LogP contribution in [0.2, 0.25) is 10.0 Å². The second-order valence-electron chi connectivity index (χ2n) is 6.15. The summed E-state index contributed by atoms with van der Waals surface area (Å²) in [6.45, 7) is 0.197. The lowest BCUT2D eigenvalue weighted by Crippen LogP contribution is -2.36. The van der Waals surface area contributed by atoms with Crippen molar-refractivity contribution in [3.63, 3.8) is 0 Å². The van der Waals surface area contributed by atoms with Crippen molar-refractivity contribution in [2.24, 2.45) is 0 Å². The summed E-state index contributed by atoms with van der Waals surface area (Å²) >= 11 is 12.5. The molecule has 1 aliphatic heterocycles. The first kappa shape index (κ1) is 17.8. The molecule has 0 bridgehead atoms. The maximum atomic E-state index is 13.4. The number of nitrogens with zero attached hydrogens (tertiary/aromatic N) is 2. The molecule has 0 radical (unpaired) electrons. The molecule has 1 aromatic heterocycles. The predicted molar refractivity (Wildman–Crippen MR) is 97.1 cm³/mol. The van der Waals surface area contributed by atoms with E-state index in [1.165, 1.54) is 12.1 Å². The number of carbonyl (C=O) groups excluding carboxylic acids is 1. The average Bonchev–Trinajstić information content (AvgIpc) is 3.24. The fraction of sp³-hybridized carbons (Fsp3) is 0.158. The molecule has 8 heteroatoms. The molecule has 3 aromatic rings. The molecule has 1 saturated heterocycles. The molecule has 5 nitrogen and oxygen atoms in total. The zero-order valence-electron chi connectivity index (χ0n) is 13.8. The Bertz CT molecular complexity index is 979. The van der Waals surface area contributed by atoms with E-state index >= 15 is 0 Å². The van der Waals surface area contributed by atoms with Crippen molar-refractivity contribution >= 4 is 29.4 Å². The normalized spacial score (nSPS) is 21.7. The summed E-state index contributed by atoms with van der Waals surface area (Å²) in [6, 6.07) is 10.6. The minimum atomic E-state index is -1.28. The Morgan fingerprint density at radius 3 is 2.63 bits per heavy atom. The first-order valence-electron chi connectivity index (χ1n) is 8.04. The number of rotatable bonds is 4. The quantitative estimate of drug-likeness (QED) is 0.563. The Kier molecular flexibility index (Phi) is 4.53. The van der Waals surface area contributed by atoms with Crippen molar-refractivity contribution < 1.29 is 18.7 Å². The van der Waals surface area contributed by atoms with Crippen LogP contribution < -0.4 is 0 Å². The number of aromatic nitrogens is 2. The lowest BCUT2D eigenvalue weighted by Gasteiger charge is -2.32. The number of ether oxygens (including phenoxy) is 2. The van der Waals surface area contributed by atoms with E-state index in [-0.39, 0.29) is 6.54 Å². The van der Waals surface area contributed by atoms with Gasteiger partial charge in [-0.3, -0.25) is 0 Å². The number of benzene rings is 2. The van der Waals surface area contributed by atoms with E-state index in [1.54, 1.807) is 53.6 Å². The first-order valence-corrected chi connectivity index (χ1v) is 8.80. The van der Waals surface area contributed by atoms with Crippen molar-refractivity contribution in [3.05, 3.63) is 88.2 Å². The third kappa shape index (κ3) is 3.26. The van der Waals surface area contributed by atoms with Crippen molar-refractivity contribution in [2.45, 2.75) is 18.2 Å². The van der Waals surface area contributed by atoms with Gasteiger partial charge in [-0.25, -0.2) is 14.2 Å². The van der Waals surface area contributed by atoms with Crippen LogP contribution in [-0.2, 0) is 21.6 Å². The Balaban J connectivity index is 1.89. The van der Waals surface area contributed by atoms with Crippen LogP contribution in [0.15, 0.2) is 61.2 Å². The molecule has 2 atom stereocenters. The van der Waals surface area contributed by atoms with Crippen LogP contribution in [0.4, 0.5) is 9.18 Å². The number of imidazole rings is 1. The number of hydrogen-bond donors (Lipinski definition) is 0. The summed E-state index contributed by atoms with van der Waals surface area (Å²) in [4.78, 5) is 16.2. The maximum absolute atomic E-state index is 13.4. The van der Waals surface area contributed by atoms with Gasteiger partial charge >= 0.3 is 6.16 Å². The fourth-order valence-electron chi connectivity index (χ4n) is 3.27. The summed E-state index contributed by atoms with van der Waals surface area (Å²) in [6.07, 6.45) is 3.27. The molecular formula is C19H13Cl2FN2O3. The summed E-state index contributed by atoms with van der Waals surface area (Å²) in [5.74, 6) is -0.395. The van der Waals surface area contributed by atoms with Crippen molar-refractivity contribution in [3.8, 4) is 0 Å². The van der Waals surface area contributed by atoms with Crippen LogP contribution in [0.5, 0.6) is 0 Å². The van der Waals surface area contributed by atoms with Crippen LogP contribution in [0, 0.1) is 5.82 Å². The van der Waals surface area contributed by atoms with Crippen LogP contribution >= 0.6 is 23.2 Å². The van der Waals surface area contributed by atoms with E-state index in [0.29, 0.717) is 21.2 Å². The Hall–Kier alpha value is -2.57. The van der Waals surface area contributed by atoms with E-state index in [4.69, 9.17) is 32.7 Å². The van der Waals surface area contributed by atoms with Gasteiger partial charge in [0.15, 0.2) is 6.10 Å². The van der Waals surface area contributed by atoms with Gasteiger partial charge in [-0.15, -0.1) is 0 Å². The highest BCUT2D eigenvalue weighted by molar-refractivity contribution is 6.35. The molecule has 0 spiro atoms. The number of cyclic esters (lactones) is 2. The molecule has 0 amide bonds. The van der Waals surface area contributed by atoms with Crippen LogP contribution in [0.3, 0.4) is 0 Å². The lowest BCUT2D eigenvalue weighted by molar-refractivity contribution is 0.00678. The monoisotopic (exact) mass is 406 g/mol. The molecule has 0 saturated carbocycles. The van der Waals surface area contributed by atoms with E-state index in [1.807, 2.05) is 0 Å². The number of carbonyl (C=O) groups is 1. The molecule has 0 aliphatic carbocycles. The predicted octanol–water partition coefficient (Wildman–Crippen LogP) is 5.13. The second kappa shape index (κ2) is 6.87. The van der Waals surface area contributed by atoms with Crippen molar-refractivity contribution in [1.82, 2.24) is 9.55 Å². The average molecular weight is 407 g/mol. The third-order valence-corrected chi connectivity index (χ3v) is 4.99. The van der Waals surface area contributed by atoms with Gasteiger partial charge in [-0.05, 0) is 29.8 Å². The van der Waals surface area contributed by atoms with Crippen LogP contribution in [0.1, 0.15) is 17.2 Å². The van der Waals surface area contributed by atoms with Crippen molar-refractivity contribution in [2.75, 3.05) is 0 Å². The molecule has 0 N–H and O–H groups in total. The van der Waals surface area contributed by atoms with E-state index < -0.39 is 23.7 Å². The Labute approximate surface area is 164 Å². The molecule has 2 aromatic carbocycles. The van der Waals surface area contributed by atoms with Gasteiger partial charge in [0.25, 0.3) is 0 Å². The minimum absolute atomic E-state index is 0.197. The summed E-state index contributed by atoms with van der Waals surface area (Å²) < 4.78 is 26.3. The van der Waals surface area contributed by atoms with Gasteiger partial charge < -0.3 is 14.0 Å². The highest BCUT2D eigenvalue weighted by Crippen LogP contribution is 2.50. The Morgan fingerprint density at radius 1 is 1.19 bits per heavy atom. The Morgan fingerprint density at radius 2 is 1.96 bits per heavy atom. The smallest absolute Gasteiger partial charge is 0.421 e. The second-order valence-corrected chi connectivity index (χ2v) is 6.99. The van der Waals surface area contributed by atoms with Gasteiger partial charge in [0, 0.05) is 28.0 Å². The lowest BCUT2D eigenvalue weighted by atomic mass is 9.84. The maximum Gasteiger partial charge on any atom is 0.510 e. The van der Waals surface area contributed by atoms with Gasteiger partial charge in [0.2, 0.25) is 5.60 Å². The van der Waals surface area contributed by atoms with Gasteiger partial charge in [0.05, 0.1) is 12.9 Å². The van der Waals surface area contributed by atoms with Gasteiger partial charge in [-0.1, -0.05) is 41.4 Å². The summed E-state index contributed by atoms with van der Waals surface area (Å²) in [5.41, 5.74) is -0.173. The molecule has 1 fully saturated rings. The fourth-order valence-corrected chi connectivity index (χ4v) is 3.84. The molecule has 2 heterocycles. The standard InChI is InChI=1S/C19H13Cl2FN2O3/c20-13-3-6-15(16(21)9-13)19(10-24-8-7-23-11-24)17(26-18(25)27-19)12-1-4-14(22)5-2-12/h1-9,11,17H,10H2/t17-,19-/m1/s1. The molecule has 1 aliphatic rings. The van der Waals surface area contributed by atoms with E-state index in [0.717, 1.165) is 0 Å². The highest BCUT2D eigenvalue weighted by Gasteiger charge is 2.54. The largest absolute Gasteiger partial charge is 0.510 e. The van der Waals surface area contributed by atoms with Gasteiger partial charge in [0.1, 0.15) is 5.82 Å². The molecular weight excluding hydrogens is 394 g/mol. The van der Waals surface area contributed by atoms with Crippen LogP contribution in [-0.4, -0.2) is 15.7 Å². The van der Waals surface area contributed by atoms with Crippen molar-refractivity contribution in [1.29, 1.82) is 0 Å². The summed E-state index contributed by atoms with van der Waals surface area (Å²) in [5, 5.41) is 0.776.